The normalized spacial score (nSPS) is 18.4. The number of pyridine rings is 1. The number of methoxy groups -OCH3 is 2. The van der Waals surface area contributed by atoms with Crippen LogP contribution in [-0.2, 0) is 19.5 Å². The number of nitrogens with one attached hydrogen (secondary N) is 1. The van der Waals surface area contributed by atoms with Crippen LogP contribution in [0.25, 0.3) is 22.2 Å². The van der Waals surface area contributed by atoms with Gasteiger partial charge in [-0.1, -0.05) is 6.07 Å². The fraction of sp³-hybridized carbons (Fsp3) is 0.394. The van der Waals surface area contributed by atoms with Gasteiger partial charge >= 0.3 is 5.97 Å². The van der Waals surface area contributed by atoms with Gasteiger partial charge in [0.2, 0.25) is 21.9 Å². The van der Waals surface area contributed by atoms with E-state index in [-0.39, 0.29) is 34.9 Å². The third kappa shape index (κ3) is 7.26. The van der Waals surface area contributed by atoms with E-state index in [9.17, 15) is 17.6 Å². The van der Waals surface area contributed by atoms with Gasteiger partial charge in [-0.3, -0.25) is 4.72 Å². The van der Waals surface area contributed by atoms with Crippen molar-refractivity contribution in [3.05, 3.63) is 65.4 Å². The minimum atomic E-state index is -3.68. The number of aromatic nitrogens is 3. The summed E-state index contributed by atoms with van der Waals surface area (Å²) in [4.78, 5) is 27.7. The maximum Gasteiger partial charge on any atom is 0.337 e. The van der Waals surface area contributed by atoms with E-state index >= 15 is 4.39 Å². The lowest BCUT2D eigenvalue weighted by atomic mass is 9.82. The lowest BCUT2D eigenvalue weighted by Crippen LogP contribution is -2.37. The van der Waals surface area contributed by atoms with Crippen molar-refractivity contribution >= 4 is 38.5 Å². The van der Waals surface area contributed by atoms with Crippen LogP contribution in [0.3, 0.4) is 0 Å². The number of ether oxygens (including phenoxy) is 4. The van der Waals surface area contributed by atoms with Crippen LogP contribution < -0.4 is 19.1 Å². The van der Waals surface area contributed by atoms with E-state index < -0.39 is 27.6 Å². The summed E-state index contributed by atoms with van der Waals surface area (Å²) in [5.41, 5.74) is 1.89. The van der Waals surface area contributed by atoms with Crippen molar-refractivity contribution in [2.24, 2.45) is 0 Å². The first-order valence-electron chi connectivity index (χ1n) is 15.4. The molecule has 3 heterocycles. The molecule has 1 aliphatic carbocycles. The van der Waals surface area contributed by atoms with E-state index in [2.05, 4.69) is 9.71 Å². The van der Waals surface area contributed by atoms with Crippen molar-refractivity contribution in [2.45, 2.75) is 37.7 Å². The Hall–Kier alpha value is -4.63. The summed E-state index contributed by atoms with van der Waals surface area (Å²) in [6, 6.07) is 8.53. The molecule has 6 rings (SSSR count). The molecule has 254 valence electrons. The van der Waals surface area contributed by atoms with Crippen LogP contribution in [0.1, 0.15) is 47.5 Å². The Kier molecular flexibility index (Phi) is 9.60. The van der Waals surface area contributed by atoms with Gasteiger partial charge in [-0.05, 0) is 61.4 Å². The zero-order valence-corrected chi connectivity index (χ0v) is 27.5. The van der Waals surface area contributed by atoms with Crippen molar-refractivity contribution in [3.63, 3.8) is 0 Å². The van der Waals surface area contributed by atoms with Gasteiger partial charge in [-0.15, -0.1) is 0 Å². The maximum absolute atomic E-state index is 15.3. The van der Waals surface area contributed by atoms with Crippen molar-refractivity contribution in [3.8, 4) is 22.9 Å². The first-order valence-corrected chi connectivity index (χ1v) is 17.3. The summed E-state index contributed by atoms with van der Waals surface area (Å²) in [5.74, 6) is -1.03. The van der Waals surface area contributed by atoms with Gasteiger partial charge in [0.1, 0.15) is 28.6 Å². The topological polar surface area (TPSA) is 142 Å². The minimum absolute atomic E-state index is 0.0565. The first-order chi connectivity index (χ1) is 23.0. The average Bonchev–Trinajstić information content (AvgIpc) is 3.07. The fourth-order valence-corrected chi connectivity index (χ4v) is 6.71. The zero-order chi connectivity index (χ0) is 34.0. The van der Waals surface area contributed by atoms with E-state index in [4.69, 9.17) is 28.9 Å². The molecule has 1 N–H and O–H groups in total. The predicted octanol–water partition coefficient (Wildman–Crippen LogP) is 5.08. The van der Waals surface area contributed by atoms with Gasteiger partial charge in [0.05, 0.1) is 51.1 Å². The summed E-state index contributed by atoms with van der Waals surface area (Å²) in [5, 5.41) is 0.348. The second kappa shape index (κ2) is 13.8. The molecule has 15 heteroatoms. The van der Waals surface area contributed by atoms with Crippen LogP contribution in [0.4, 0.5) is 20.4 Å². The summed E-state index contributed by atoms with van der Waals surface area (Å²) in [6.07, 6.45) is 4.61. The van der Waals surface area contributed by atoms with Crippen LogP contribution in [0, 0.1) is 11.6 Å². The number of carbonyl (C=O) groups is 1. The molecule has 0 unspecified atom stereocenters. The Morgan fingerprint density at radius 3 is 2.44 bits per heavy atom. The highest BCUT2D eigenvalue weighted by molar-refractivity contribution is 7.92. The number of sulfonamides is 1. The Bertz CT molecular complexity index is 1950. The Morgan fingerprint density at radius 1 is 1.02 bits per heavy atom. The second-order valence-corrected chi connectivity index (χ2v) is 13.5. The molecule has 0 amide bonds. The van der Waals surface area contributed by atoms with E-state index in [1.807, 2.05) is 4.90 Å². The van der Waals surface area contributed by atoms with Crippen molar-refractivity contribution in [1.82, 2.24) is 15.0 Å². The fourth-order valence-electron chi connectivity index (χ4n) is 6.16. The molecule has 48 heavy (non-hydrogen) atoms. The maximum atomic E-state index is 15.3. The van der Waals surface area contributed by atoms with Gasteiger partial charge in [0, 0.05) is 36.3 Å². The van der Waals surface area contributed by atoms with Crippen molar-refractivity contribution < 1.29 is 40.9 Å². The smallest absolute Gasteiger partial charge is 0.337 e. The summed E-state index contributed by atoms with van der Waals surface area (Å²) < 4.78 is 78.8. The molecule has 1 saturated carbocycles. The lowest BCUT2D eigenvalue weighted by Gasteiger charge is -2.30. The Labute approximate surface area is 276 Å². The summed E-state index contributed by atoms with van der Waals surface area (Å²) in [6.45, 7) is 2.02. The van der Waals surface area contributed by atoms with E-state index in [0.717, 1.165) is 6.26 Å². The first kappa shape index (κ1) is 33.3. The highest BCUT2D eigenvalue weighted by Gasteiger charge is 2.28. The standard InChI is InChI=1S/C33H35F2N5O7S/c1-44-31-27(39-48(3,42)43)15-21(18-36-31)29-25-16-22(34)17-28(30(25)38-33(37-29)40-10-12-46-13-11-40)47-23-7-4-19(5-8-23)24-9-6-20(14-26(24)35)32(41)45-2/h6,9,14-19,23,39H,4-5,7-8,10-13H2,1-3H3. The number of nitrogens with zero attached hydrogens (tertiary/aromatic N) is 4. The number of fused-ring (bicyclic) bond motifs is 1. The van der Waals surface area contributed by atoms with Gasteiger partial charge in [0.15, 0.2) is 0 Å². The highest BCUT2D eigenvalue weighted by Crippen LogP contribution is 2.40. The molecule has 2 fully saturated rings. The molecule has 0 atom stereocenters. The molecular formula is C33H35F2N5O7S. The quantitative estimate of drug-likeness (QED) is 0.236. The number of anilines is 2. The van der Waals surface area contributed by atoms with Crippen molar-refractivity contribution in [2.75, 3.05) is 56.4 Å². The molecule has 12 nitrogen and oxygen atoms in total. The van der Waals surface area contributed by atoms with Gasteiger partial charge in [0.25, 0.3) is 0 Å². The number of carbonyl (C=O) groups excluding carboxylic acids is 1. The molecule has 2 aromatic carbocycles. The van der Waals surface area contributed by atoms with Crippen LogP contribution in [-0.4, -0.2) is 82.2 Å². The average molecular weight is 684 g/mol. The van der Waals surface area contributed by atoms with E-state index in [0.29, 0.717) is 85.7 Å². The third-order valence-electron chi connectivity index (χ3n) is 8.45. The van der Waals surface area contributed by atoms with Crippen LogP contribution in [0.2, 0.25) is 0 Å². The van der Waals surface area contributed by atoms with Gasteiger partial charge in [-0.2, -0.15) is 0 Å². The third-order valence-corrected chi connectivity index (χ3v) is 9.05. The number of hydrogen-bond acceptors (Lipinski definition) is 11. The molecule has 1 saturated heterocycles. The molecule has 0 bridgehead atoms. The monoisotopic (exact) mass is 683 g/mol. The summed E-state index contributed by atoms with van der Waals surface area (Å²) >= 11 is 0. The Balaban J connectivity index is 1.34. The number of benzene rings is 2. The molecule has 0 radical (unpaired) electrons. The molecule has 2 aliphatic rings. The number of halogens is 2. The second-order valence-electron chi connectivity index (χ2n) is 11.7. The lowest BCUT2D eigenvalue weighted by molar-refractivity contribution is 0.0600. The molecular weight excluding hydrogens is 648 g/mol. The number of rotatable bonds is 9. The van der Waals surface area contributed by atoms with Crippen LogP contribution >= 0.6 is 0 Å². The Morgan fingerprint density at radius 2 is 1.77 bits per heavy atom. The molecule has 2 aromatic heterocycles. The van der Waals surface area contributed by atoms with Gasteiger partial charge < -0.3 is 23.8 Å². The molecule has 1 aliphatic heterocycles. The van der Waals surface area contributed by atoms with E-state index in [1.165, 1.54) is 44.7 Å². The minimum Gasteiger partial charge on any atom is -0.488 e. The highest BCUT2D eigenvalue weighted by atomic mass is 32.2. The van der Waals surface area contributed by atoms with E-state index in [1.54, 1.807) is 12.1 Å². The molecule has 0 spiro atoms. The van der Waals surface area contributed by atoms with Gasteiger partial charge in [-0.25, -0.2) is 36.9 Å². The zero-order valence-electron chi connectivity index (χ0n) is 26.7. The largest absolute Gasteiger partial charge is 0.488 e. The van der Waals surface area contributed by atoms with Crippen LogP contribution in [0.5, 0.6) is 11.6 Å². The predicted molar refractivity (Wildman–Crippen MR) is 174 cm³/mol. The van der Waals surface area contributed by atoms with Crippen LogP contribution in [0.15, 0.2) is 42.6 Å². The SMILES string of the molecule is COC(=O)c1ccc(C2CCC(Oc3cc(F)cc4c(-c5cnc(OC)c(NS(C)(=O)=O)c5)nc(N5CCOCC5)nc34)CC2)c(F)c1. The van der Waals surface area contributed by atoms with Crippen molar-refractivity contribution in [1.29, 1.82) is 0 Å². The molecule has 4 aromatic rings. The number of esters is 1. The number of hydrogen-bond donors (Lipinski definition) is 1. The number of morpholine rings is 1. The summed E-state index contributed by atoms with van der Waals surface area (Å²) in [7, 11) is -1.06.